The van der Waals surface area contributed by atoms with Gasteiger partial charge in [-0.25, -0.2) is 4.98 Å². The Morgan fingerprint density at radius 3 is 2.91 bits per heavy atom. The molecule has 4 rings (SSSR count). The van der Waals surface area contributed by atoms with E-state index in [-0.39, 0.29) is 0 Å². The van der Waals surface area contributed by atoms with Crippen LogP contribution in [0.1, 0.15) is 48.7 Å². The molecule has 3 aromatic heterocycles. The van der Waals surface area contributed by atoms with E-state index in [0.29, 0.717) is 18.4 Å². The van der Waals surface area contributed by atoms with Crippen LogP contribution in [-0.4, -0.2) is 29.4 Å². The van der Waals surface area contributed by atoms with Crippen molar-refractivity contribution in [3.05, 3.63) is 35.5 Å². The Morgan fingerprint density at radius 2 is 2.09 bits per heavy atom. The molecule has 0 radical (unpaired) electrons. The average Bonchev–Trinajstić information content (AvgIpc) is 3.28. The first-order valence-electron chi connectivity index (χ1n) is 8.17. The summed E-state index contributed by atoms with van der Waals surface area (Å²) in [5.41, 5.74) is 3.08. The number of nitrogens with one attached hydrogen (secondary N) is 1. The SMILES string of the molecule is Cc1nc2ncnn2c(NCc2ccn(C3CCCC3)n2)c1C. The van der Waals surface area contributed by atoms with Crippen molar-refractivity contribution < 1.29 is 0 Å². The number of nitrogens with zero attached hydrogens (tertiary/aromatic N) is 6. The van der Waals surface area contributed by atoms with Gasteiger partial charge in [0.2, 0.25) is 0 Å². The van der Waals surface area contributed by atoms with Crippen LogP contribution in [0.2, 0.25) is 0 Å². The Morgan fingerprint density at radius 1 is 1.26 bits per heavy atom. The van der Waals surface area contributed by atoms with Gasteiger partial charge in [0.05, 0.1) is 18.3 Å². The molecule has 0 unspecified atom stereocenters. The molecule has 0 saturated heterocycles. The summed E-state index contributed by atoms with van der Waals surface area (Å²) in [5.74, 6) is 1.55. The van der Waals surface area contributed by atoms with E-state index in [1.54, 1.807) is 4.52 Å². The van der Waals surface area contributed by atoms with Crippen molar-refractivity contribution in [1.29, 1.82) is 0 Å². The Balaban J connectivity index is 1.55. The molecule has 3 aromatic rings. The lowest BCUT2D eigenvalue weighted by atomic mass is 10.2. The van der Waals surface area contributed by atoms with Gasteiger partial charge in [-0.1, -0.05) is 12.8 Å². The van der Waals surface area contributed by atoms with E-state index in [0.717, 1.165) is 22.8 Å². The van der Waals surface area contributed by atoms with Gasteiger partial charge in [0.15, 0.2) is 0 Å². The molecule has 3 heterocycles. The van der Waals surface area contributed by atoms with Gasteiger partial charge < -0.3 is 5.32 Å². The summed E-state index contributed by atoms with van der Waals surface area (Å²) < 4.78 is 3.87. The second-order valence-corrected chi connectivity index (χ2v) is 6.22. The summed E-state index contributed by atoms with van der Waals surface area (Å²) in [6.45, 7) is 4.70. The van der Waals surface area contributed by atoms with Crippen LogP contribution in [0.4, 0.5) is 5.82 Å². The van der Waals surface area contributed by atoms with Crippen LogP contribution in [0.15, 0.2) is 18.6 Å². The van der Waals surface area contributed by atoms with Crippen molar-refractivity contribution in [3.8, 4) is 0 Å². The molecule has 23 heavy (non-hydrogen) atoms. The Hall–Kier alpha value is -2.44. The minimum absolute atomic E-state index is 0.579. The van der Waals surface area contributed by atoms with Crippen molar-refractivity contribution in [3.63, 3.8) is 0 Å². The van der Waals surface area contributed by atoms with Gasteiger partial charge in [-0.3, -0.25) is 4.68 Å². The lowest BCUT2D eigenvalue weighted by molar-refractivity contribution is 0.463. The summed E-state index contributed by atoms with van der Waals surface area (Å²) in [6.07, 6.45) is 8.76. The highest BCUT2D eigenvalue weighted by atomic mass is 15.4. The second-order valence-electron chi connectivity index (χ2n) is 6.22. The monoisotopic (exact) mass is 311 g/mol. The number of rotatable bonds is 4. The first-order valence-corrected chi connectivity index (χ1v) is 8.17. The van der Waals surface area contributed by atoms with Crippen LogP contribution in [0.25, 0.3) is 5.78 Å². The summed E-state index contributed by atoms with van der Waals surface area (Å²) in [4.78, 5) is 8.61. The fourth-order valence-corrected chi connectivity index (χ4v) is 3.26. The minimum atomic E-state index is 0.579. The Kier molecular flexibility index (Phi) is 3.48. The predicted octanol–water partition coefficient (Wildman–Crippen LogP) is 2.66. The lowest BCUT2D eigenvalue weighted by Gasteiger charge is -2.12. The summed E-state index contributed by atoms with van der Waals surface area (Å²) in [6, 6.07) is 2.67. The average molecular weight is 311 g/mol. The van der Waals surface area contributed by atoms with Gasteiger partial charge >= 0.3 is 0 Å². The molecule has 0 aliphatic heterocycles. The second kappa shape index (κ2) is 5.64. The number of anilines is 1. The molecule has 120 valence electrons. The molecule has 1 saturated carbocycles. The molecule has 1 aliphatic carbocycles. The van der Waals surface area contributed by atoms with Gasteiger partial charge in [-0.15, -0.1) is 0 Å². The molecule has 7 nitrogen and oxygen atoms in total. The third kappa shape index (κ3) is 2.56. The molecule has 1 fully saturated rings. The third-order valence-electron chi connectivity index (χ3n) is 4.71. The highest BCUT2D eigenvalue weighted by Crippen LogP contribution is 2.28. The van der Waals surface area contributed by atoms with Crippen molar-refractivity contribution in [2.24, 2.45) is 0 Å². The zero-order chi connectivity index (χ0) is 15.8. The molecule has 0 aromatic carbocycles. The summed E-state index contributed by atoms with van der Waals surface area (Å²) in [5, 5.41) is 12.4. The van der Waals surface area contributed by atoms with Crippen LogP contribution < -0.4 is 5.32 Å². The number of fused-ring (bicyclic) bond motifs is 1. The van der Waals surface area contributed by atoms with E-state index in [1.165, 1.54) is 32.0 Å². The highest BCUT2D eigenvalue weighted by molar-refractivity contribution is 5.51. The van der Waals surface area contributed by atoms with Gasteiger partial charge in [0.1, 0.15) is 12.1 Å². The molecular formula is C16H21N7. The number of aromatic nitrogens is 6. The quantitative estimate of drug-likeness (QED) is 0.802. The topological polar surface area (TPSA) is 72.9 Å². The molecule has 0 bridgehead atoms. The highest BCUT2D eigenvalue weighted by Gasteiger charge is 2.17. The Labute approximate surface area is 134 Å². The van der Waals surface area contributed by atoms with Crippen molar-refractivity contribution in [1.82, 2.24) is 29.4 Å². The normalized spacial score (nSPS) is 15.6. The smallest absolute Gasteiger partial charge is 0.254 e. The molecule has 0 atom stereocenters. The Bertz CT molecular complexity index is 826. The van der Waals surface area contributed by atoms with Gasteiger partial charge in [-0.05, 0) is 32.8 Å². The van der Waals surface area contributed by atoms with Crippen LogP contribution in [-0.2, 0) is 6.54 Å². The zero-order valence-corrected chi connectivity index (χ0v) is 13.5. The molecule has 0 amide bonds. The molecule has 7 heteroatoms. The minimum Gasteiger partial charge on any atom is -0.364 e. The van der Waals surface area contributed by atoms with Gasteiger partial charge in [0.25, 0.3) is 5.78 Å². The number of hydrogen-bond acceptors (Lipinski definition) is 5. The maximum atomic E-state index is 4.72. The maximum absolute atomic E-state index is 4.72. The maximum Gasteiger partial charge on any atom is 0.254 e. The van der Waals surface area contributed by atoms with Crippen molar-refractivity contribution >= 4 is 11.6 Å². The largest absolute Gasteiger partial charge is 0.364 e. The van der Waals surface area contributed by atoms with E-state index in [2.05, 4.69) is 37.3 Å². The summed E-state index contributed by atoms with van der Waals surface area (Å²) in [7, 11) is 0. The van der Waals surface area contributed by atoms with Gasteiger partial charge in [-0.2, -0.15) is 19.7 Å². The predicted molar refractivity (Wildman–Crippen MR) is 87.3 cm³/mol. The molecule has 0 spiro atoms. The first kappa shape index (κ1) is 14.2. The number of hydrogen-bond donors (Lipinski definition) is 1. The number of aryl methyl sites for hydroxylation is 1. The lowest BCUT2D eigenvalue weighted by Crippen LogP contribution is -2.11. The standard InChI is InChI=1S/C16H21N7/c1-11-12(2)20-16-18-10-19-23(16)15(11)17-9-13-7-8-22(21-13)14-5-3-4-6-14/h7-8,10,14,17H,3-6,9H2,1-2H3. The van der Waals surface area contributed by atoms with E-state index < -0.39 is 0 Å². The molecular weight excluding hydrogens is 290 g/mol. The van der Waals surface area contributed by atoms with E-state index in [1.807, 2.05) is 13.8 Å². The van der Waals surface area contributed by atoms with E-state index in [4.69, 9.17) is 5.10 Å². The van der Waals surface area contributed by atoms with E-state index in [9.17, 15) is 0 Å². The molecule has 1 aliphatic rings. The van der Waals surface area contributed by atoms with Crippen LogP contribution in [0.3, 0.4) is 0 Å². The zero-order valence-electron chi connectivity index (χ0n) is 13.5. The fourth-order valence-electron chi connectivity index (χ4n) is 3.26. The third-order valence-corrected chi connectivity index (χ3v) is 4.71. The first-order chi connectivity index (χ1) is 11.2. The fraction of sp³-hybridized carbons (Fsp3) is 0.500. The van der Waals surface area contributed by atoms with Crippen molar-refractivity contribution in [2.45, 2.75) is 52.1 Å². The van der Waals surface area contributed by atoms with Crippen LogP contribution >= 0.6 is 0 Å². The van der Waals surface area contributed by atoms with Gasteiger partial charge in [0, 0.05) is 17.5 Å². The van der Waals surface area contributed by atoms with Crippen LogP contribution in [0.5, 0.6) is 0 Å². The molecule has 1 N–H and O–H groups in total. The summed E-state index contributed by atoms with van der Waals surface area (Å²) >= 11 is 0. The van der Waals surface area contributed by atoms with E-state index >= 15 is 0 Å². The van der Waals surface area contributed by atoms with Crippen molar-refractivity contribution in [2.75, 3.05) is 5.32 Å². The van der Waals surface area contributed by atoms with Crippen LogP contribution in [0, 0.1) is 13.8 Å².